The minimum Gasteiger partial charge on any atom is -0.449 e. The van der Waals surface area contributed by atoms with Crippen molar-refractivity contribution in [3.8, 4) is 0 Å². The molecule has 0 unspecified atom stereocenters. The van der Waals surface area contributed by atoms with E-state index < -0.39 is 28.0 Å². The van der Waals surface area contributed by atoms with Crippen LogP contribution in [-0.2, 0) is 24.3 Å². The molecule has 0 aromatic heterocycles. The zero-order valence-electron chi connectivity index (χ0n) is 14.9. The molecule has 9 heteroatoms. The van der Waals surface area contributed by atoms with Crippen molar-refractivity contribution >= 4 is 21.9 Å². The first-order valence-electron chi connectivity index (χ1n) is 8.53. The Bertz CT molecular complexity index is 743. The highest BCUT2D eigenvalue weighted by atomic mass is 32.2. The third kappa shape index (κ3) is 5.52. The Hall–Kier alpha value is -1.97. The summed E-state index contributed by atoms with van der Waals surface area (Å²) in [5.41, 5.74) is 0.0566. The van der Waals surface area contributed by atoms with E-state index in [0.717, 1.165) is 12.8 Å². The number of sulfonamides is 1. The average Bonchev–Trinajstić information content (AvgIpc) is 3.14. The van der Waals surface area contributed by atoms with Crippen molar-refractivity contribution in [3.63, 3.8) is 0 Å². The first-order valence-corrected chi connectivity index (χ1v) is 10.0. The lowest BCUT2D eigenvalue weighted by atomic mass is 10.2. The third-order valence-corrected chi connectivity index (χ3v) is 5.33. The number of ether oxygens (including phenoxy) is 2. The van der Waals surface area contributed by atoms with E-state index in [0.29, 0.717) is 13.2 Å². The van der Waals surface area contributed by atoms with Gasteiger partial charge in [0.2, 0.25) is 10.0 Å². The van der Waals surface area contributed by atoms with Crippen LogP contribution in [0.4, 0.5) is 0 Å². The number of amides is 1. The molecule has 0 radical (unpaired) electrons. The second-order valence-electron chi connectivity index (χ2n) is 5.96. The zero-order chi connectivity index (χ0) is 19.2. The SMILES string of the molecule is CCNC(=O)[C@@H](C)OC(=O)c1cccc(S(=O)(=O)NC[C@H]2CCCO2)c1. The number of hydrogen-bond acceptors (Lipinski definition) is 6. The van der Waals surface area contributed by atoms with Gasteiger partial charge in [0.05, 0.1) is 16.6 Å². The van der Waals surface area contributed by atoms with E-state index >= 15 is 0 Å². The number of carbonyl (C=O) groups is 2. The topological polar surface area (TPSA) is 111 Å². The monoisotopic (exact) mass is 384 g/mol. The van der Waals surface area contributed by atoms with Gasteiger partial charge in [-0.2, -0.15) is 0 Å². The Morgan fingerprint density at radius 2 is 2.15 bits per heavy atom. The number of hydrogen-bond donors (Lipinski definition) is 2. The minimum absolute atomic E-state index is 0.0457. The maximum Gasteiger partial charge on any atom is 0.338 e. The maximum atomic E-state index is 12.4. The molecular weight excluding hydrogens is 360 g/mol. The van der Waals surface area contributed by atoms with Gasteiger partial charge in [-0.3, -0.25) is 4.79 Å². The van der Waals surface area contributed by atoms with Crippen LogP contribution >= 0.6 is 0 Å². The molecule has 0 saturated carbocycles. The summed E-state index contributed by atoms with van der Waals surface area (Å²) in [5, 5.41) is 2.55. The van der Waals surface area contributed by atoms with Crippen LogP contribution < -0.4 is 10.0 Å². The van der Waals surface area contributed by atoms with Crippen LogP contribution in [0.2, 0.25) is 0 Å². The lowest BCUT2D eigenvalue weighted by molar-refractivity contribution is -0.128. The van der Waals surface area contributed by atoms with E-state index in [9.17, 15) is 18.0 Å². The number of benzene rings is 1. The summed E-state index contributed by atoms with van der Waals surface area (Å²) in [6.45, 7) is 4.45. The highest BCUT2D eigenvalue weighted by Gasteiger charge is 2.22. The fraction of sp³-hybridized carbons (Fsp3) is 0.529. The zero-order valence-corrected chi connectivity index (χ0v) is 15.7. The van der Waals surface area contributed by atoms with Crippen LogP contribution in [0.15, 0.2) is 29.2 Å². The van der Waals surface area contributed by atoms with Gasteiger partial charge >= 0.3 is 5.97 Å². The molecular formula is C17H24N2O6S. The van der Waals surface area contributed by atoms with Crippen LogP contribution in [0.5, 0.6) is 0 Å². The molecule has 0 spiro atoms. The summed E-state index contributed by atoms with van der Waals surface area (Å²) in [6.07, 6.45) is 0.626. The fourth-order valence-electron chi connectivity index (χ4n) is 2.48. The van der Waals surface area contributed by atoms with Gasteiger partial charge in [-0.1, -0.05) is 6.07 Å². The Morgan fingerprint density at radius 3 is 2.81 bits per heavy atom. The van der Waals surface area contributed by atoms with Gasteiger partial charge in [0, 0.05) is 19.7 Å². The van der Waals surface area contributed by atoms with Crippen molar-refractivity contribution in [2.24, 2.45) is 0 Å². The molecule has 1 heterocycles. The van der Waals surface area contributed by atoms with Crippen LogP contribution in [0.25, 0.3) is 0 Å². The lowest BCUT2D eigenvalue weighted by Gasteiger charge is -2.14. The summed E-state index contributed by atoms with van der Waals surface area (Å²) >= 11 is 0. The Kier molecular flexibility index (Phi) is 7.13. The molecule has 26 heavy (non-hydrogen) atoms. The molecule has 1 aliphatic heterocycles. The highest BCUT2D eigenvalue weighted by Crippen LogP contribution is 2.15. The molecule has 2 atom stereocenters. The molecule has 8 nitrogen and oxygen atoms in total. The van der Waals surface area contributed by atoms with E-state index in [1.807, 2.05) is 0 Å². The van der Waals surface area contributed by atoms with E-state index in [2.05, 4.69) is 10.0 Å². The first kappa shape index (κ1) is 20.3. The number of carbonyl (C=O) groups excluding carboxylic acids is 2. The molecule has 1 aromatic carbocycles. The standard InChI is InChI=1S/C17H24N2O6S/c1-3-18-16(20)12(2)25-17(21)13-6-4-8-15(10-13)26(22,23)19-11-14-7-5-9-24-14/h4,6,8,10,12,14,19H,3,5,7,9,11H2,1-2H3,(H,18,20)/t12-,14-/m1/s1. The maximum absolute atomic E-state index is 12.4. The van der Waals surface area contributed by atoms with Crippen molar-refractivity contribution < 1.29 is 27.5 Å². The van der Waals surface area contributed by atoms with E-state index in [1.165, 1.54) is 31.2 Å². The molecule has 144 valence electrons. The van der Waals surface area contributed by atoms with Crippen molar-refractivity contribution in [1.29, 1.82) is 0 Å². The first-order chi connectivity index (χ1) is 12.3. The normalized spacial score (nSPS) is 18.3. The smallest absolute Gasteiger partial charge is 0.338 e. The van der Waals surface area contributed by atoms with Gasteiger partial charge in [-0.05, 0) is 44.9 Å². The van der Waals surface area contributed by atoms with Crippen LogP contribution in [0, 0.1) is 0 Å². The Morgan fingerprint density at radius 1 is 1.38 bits per heavy atom. The molecule has 1 amide bonds. The van der Waals surface area contributed by atoms with Gasteiger partial charge < -0.3 is 14.8 Å². The minimum atomic E-state index is -3.77. The molecule has 2 N–H and O–H groups in total. The number of nitrogens with one attached hydrogen (secondary N) is 2. The largest absolute Gasteiger partial charge is 0.449 e. The van der Waals surface area contributed by atoms with Gasteiger partial charge in [0.1, 0.15) is 0 Å². The molecule has 1 aliphatic rings. The quantitative estimate of drug-likeness (QED) is 0.642. The molecule has 1 fully saturated rings. The predicted molar refractivity (Wildman–Crippen MR) is 94.2 cm³/mol. The Balaban J connectivity index is 2.03. The van der Waals surface area contributed by atoms with Crippen LogP contribution in [-0.4, -0.2) is 52.2 Å². The van der Waals surface area contributed by atoms with E-state index in [-0.39, 0.29) is 23.1 Å². The predicted octanol–water partition coefficient (Wildman–Crippen LogP) is 0.825. The number of rotatable bonds is 8. The summed E-state index contributed by atoms with van der Waals surface area (Å²) in [5.74, 6) is -1.18. The summed E-state index contributed by atoms with van der Waals surface area (Å²) in [4.78, 5) is 23.8. The van der Waals surface area contributed by atoms with Crippen molar-refractivity contribution in [2.75, 3.05) is 19.7 Å². The number of likely N-dealkylation sites (N-methyl/N-ethyl adjacent to an activating group) is 1. The van der Waals surface area contributed by atoms with Crippen LogP contribution in [0.1, 0.15) is 37.0 Å². The Labute approximate surface area is 153 Å². The van der Waals surface area contributed by atoms with Gasteiger partial charge in [0.25, 0.3) is 5.91 Å². The van der Waals surface area contributed by atoms with Gasteiger partial charge in [0.15, 0.2) is 6.10 Å². The van der Waals surface area contributed by atoms with Gasteiger partial charge in [-0.25, -0.2) is 17.9 Å². The fourth-order valence-corrected chi connectivity index (χ4v) is 3.59. The van der Waals surface area contributed by atoms with Gasteiger partial charge in [-0.15, -0.1) is 0 Å². The van der Waals surface area contributed by atoms with Crippen molar-refractivity contribution in [2.45, 2.75) is 43.8 Å². The number of esters is 1. The highest BCUT2D eigenvalue weighted by molar-refractivity contribution is 7.89. The van der Waals surface area contributed by atoms with Crippen molar-refractivity contribution in [1.82, 2.24) is 10.0 Å². The van der Waals surface area contributed by atoms with E-state index in [4.69, 9.17) is 9.47 Å². The second kappa shape index (κ2) is 9.11. The molecule has 1 saturated heterocycles. The molecule has 0 aliphatic carbocycles. The summed E-state index contributed by atoms with van der Waals surface area (Å²) < 4.78 is 37.7. The molecule has 0 bridgehead atoms. The molecule has 2 rings (SSSR count). The second-order valence-corrected chi connectivity index (χ2v) is 7.72. The molecule has 1 aromatic rings. The van der Waals surface area contributed by atoms with Crippen molar-refractivity contribution in [3.05, 3.63) is 29.8 Å². The average molecular weight is 384 g/mol. The summed E-state index contributed by atoms with van der Waals surface area (Å²) in [6, 6.07) is 5.51. The van der Waals surface area contributed by atoms with Crippen LogP contribution in [0.3, 0.4) is 0 Å². The summed E-state index contributed by atoms with van der Waals surface area (Å²) in [7, 11) is -3.77. The van der Waals surface area contributed by atoms with E-state index in [1.54, 1.807) is 6.92 Å². The lowest BCUT2D eigenvalue weighted by Crippen LogP contribution is -2.35. The third-order valence-electron chi connectivity index (χ3n) is 3.91.